The molecule has 1 atom stereocenters. The highest BCUT2D eigenvalue weighted by atomic mass is 16.5. The topological polar surface area (TPSA) is 72.9 Å². The van der Waals surface area contributed by atoms with Gasteiger partial charge in [0.1, 0.15) is 17.2 Å². The van der Waals surface area contributed by atoms with Crippen LogP contribution < -0.4 is 4.74 Å². The summed E-state index contributed by atoms with van der Waals surface area (Å²) in [5, 5.41) is 15.5. The van der Waals surface area contributed by atoms with E-state index in [0.717, 1.165) is 33.9 Å². The minimum atomic E-state index is -0.682. The lowest BCUT2D eigenvalue weighted by molar-refractivity contribution is 0.0215. The van der Waals surface area contributed by atoms with Crippen molar-refractivity contribution in [1.29, 1.82) is 0 Å². The highest BCUT2D eigenvalue weighted by Gasteiger charge is 2.24. The molecule has 0 aliphatic carbocycles. The zero-order valence-corrected chi connectivity index (χ0v) is 20.8. The number of nitrogens with zero attached hydrogens (tertiary/aromatic N) is 3. The smallest absolute Gasteiger partial charge is 0.222 e. The molecule has 2 heterocycles. The van der Waals surface area contributed by atoms with Gasteiger partial charge < -0.3 is 19.0 Å². The largest absolute Gasteiger partial charge is 0.468 e. The SMILES string of the molecule is C=CCOC[C@H](O)CN(Cc1ccco1)Cc1c(-c2ccccc2)nn(C)c1Oc1cccc(C)c1. The van der Waals surface area contributed by atoms with Gasteiger partial charge in [-0.3, -0.25) is 4.90 Å². The second-order valence-electron chi connectivity index (χ2n) is 8.77. The molecule has 2 aromatic carbocycles. The quantitative estimate of drug-likeness (QED) is 0.203. The van der Waals surface area contributed by atoms with Gasteiger partial charge in [0, 0.05) is 25.7 Å². The van der Waals surface area contributed by atoms with Gasteiger partial charge in [-0.2, -0.15) is 5.10 Å². The summed E-state index contributed by atoms with van der Waals surface area (Å²) in [6.45, 7) is 7.68. The van der Waals surface area contributed by atoms with Crippen LogP contribution in [-0.2, 0) is 24.9 Å². The Morgan fingerprint density at radius 3 is 2.67 bits per heavy atom. The maximum absolute atomic E-state index is 10.7. The Morgan fingerprint density at radius 2 is 1.94 bits per heavy atom. The Kier molecular flexibility index (Phi) is 8.73. The molecule has 0 aliphatic heterocycles. The van der Waals surface area contributed by atoms with Crippen molar-refractivity contribution in [3.63, 3.8) is 0 Å². The van der Waals surface area contributed by atoms with E-state index in [1.807, 2.05) is 80.7 Å². The summed E-state index contributed by atoms with van der Waals surface area (Å²) in [6, 6.07) is 21.8. The van der Waals surface area contributed by atoms with Crippen LogP contribution in [0, 0.1) is 6.92 Å². The summed E-state index contributed by atoms with van der Waals surface area (Å²) in [6.07, 6.45) is 2.64. The molecule has 1 N–H and O–H groups in total. The van der Waals surface area contributed by atoms with Gasteiger partial charge in [-0.05, 0) is 36.8 Å². The normalized spacial score (nSPS) is 12.1. The monoisotopic (exact) mass is 487 g/mol. The highest BCUT2D eigenvalue weighted by molar-refractivity contribution is 5.65. The van der Waals surface area contributed by atoms with E-state index in [4.69, 9.17) is 19.0 Å². The lowest BCUT2D eigenvalue weighted by atomic mass is 10.1. The number of hydrogen-bond donors (Lipinski definition) is 1. The van der Waals surface area contributed by atoms with Gasteiger partial charge in [-0.25, -0.2) is 4.68 Å². The predicted molar refractivity (Wildman–Crippen MR) is 140 cm³/mol. The molecule has 0 bridgehead atoms. The fourth-order valence-corrected chi connectivity index (χ4v) is 4.11. The molecule has 0 radical (unpaired) electrons. The number of furan rings is 1. The molecule has 2 aromatic heterocycles. The molecule has 7 heteroatoms. The Bertz CT molecular complexity index is 1230. The van der Waals surface area contributed by atoms with Gasteiger partial charge in [0.15, 0.2) is 0 Å². The van der Waals surface area contributed by atoms with Crippen molar-refractivity contribution in [3.8, 4) is 22.9 Å². The summed E-state index contributed by atoms with van der Waals surface area (Å²) in [7, 11) is 1.88. The van der Waals surface area contributed by atoms with Crippen LogP contribution in [0.1, 0.15) is 16.9 Å². The van der Waals surface area contributed by atoms with Crippen molar-refractivity contribution in [2.45, 2.75) is 26.1 Å². The van der Waals surface area contributed by atoms with E-state index in [9.17, 15) is 5.11 Å². The highest BCUT2D eigenvalue weighted by Crippen LogP contribution is 2.34. The van der Waals surface area contributed by atoms with E-state index in [1.165, 1.54) is 0 Å². The van der Waals surface area contributed by atoms with Gasteiger partial charge in [0.25, 0.3) is 0 Å². The third-order valence-corrected chi connectivity index (χ3v) is 5.70. The van der Waals surface area contributed by atoms with E-state index < -0.39 is 6.10 Å². The number of aryl methyl sites for hydroxylation is 2. The first-order valence-corrected chi connectivity index (χ1v) is 12.0. The van der Waals surface area contributed by atoms with Crippen LogP contribution in [0.5, 0.6) is 11.6 Å². The van der Waals surface area contributed by atoms with Gasteiger partial charge in [-0.1, -0.05) is 48.5 Å². The van der Waals surface area contributed by atoms with Crippen LogP contribution >= 0.6 is 0 Å². The average molecular weight is 488 g/mol. The van der Waals surface area contributed by atoms with Crippen LogP contribution in [0.25, 0.3) is 11.3 Å². The van der Waals surface area contributed by atoms with Crippen LogP contribution in [0.4, 0.5) is 0 Å². The van der Waals surface area contributed by atoms with E-state index in [2.05, 4.69) is 11.5 Å². The first-order chi connectivity index (χ1) is 17.5. The fourth-order valence-electron chi connectivity index (χ4n) is 4.11. The maximum atomic E-state index is 10.7. The van der Waals surface area contributed by atoms with Crippen LogP contribution in [0.15, 0.2) is 90.1 Å². The molecule has 4 rings (SSSR count). The number of hydrogen-bond acceptors (Lipinski definition) is 6. The third kappa shape index (κ3) is 6.73. The second-order valence-corrected chi connectivity index (χ2v) is 8.77. The molecule has 0 amide bonds. The van der Waals surface area contributed by atoms with E-state index in [-0.39, 0.29) is 6.61 Å². The van der Waals surface area contributed by atoms with Crippen molar-refractivity contribution in [1.82, 2.24) is 14.7 Å². The Morgan fingerprint density at radius 1 is 1.11 bits per heavy atom. The van der Waals surface area contributed by atoms with E-state index in [1.54, 1.807) is 17.0 Å². The summed E-state index contributed by atoms with van der Waals surface area (Å²) in [4.78, 5) is 2.12. The summed E-state index contributed by atoms with van der Waals surface area (Å²) in [5.41, 5.74) is 3.87. The first-order valence-electron chi connectivity index (χ1n) is 12.0. The number of rotatable bonds is 13. The van der Waals surface area contributed by atoms with Gasteiger partial charge in [0.05, 0.1) is 37.7 Å². The minimum absolute atomic E-state index is 0.214. The molecular formula is C29H33N3O4. The predicted octanol–water partition coefficient (Wildman–Crippen LogP) is 5.35. The van der Waals surface area contributed by atoms with Crippen LogP contribution in [-0.4, -0.2) is 45.6 Å². The molecule has 0 spiro atoms. The van der Waals surface area contributed by atoms with E-state index in [0.29, 0.717) is 32.1 Å². The summed E-state index contributed by atoms with van der Waals surface area (Å²) >= 11 is 0. The van der Waals surface area contributed by atoms with Crippen molar-refractivity contribution in [2.75, 3.05) is 19.8 Å². The molecule has 0 fully saturated rings. The molecule has 0 saturated carbocycles. The van der Waals surface area contributed by atoms with Gasteiger partial charge in [-0.15, -0.1) is 6.58 Å². The molecule has 188 valence electrons. The van der Waals surface area contributed by atoms with Gasteiger partial charge in [0.2, 0.25) is 5.88 Å². The standard InChI is InChI=1S/C29H33N3O4/c1-4-15-34-21-24(33)18-32(19-26-14-9-16-35-26)20-27-28(23-11-6-5-7-12-23)30-31(3)29(27)36-25-13-8-10-22(2)17-25/h4-14,16-17,24,33H,1,15,18-21H2,2-3H3/t24-/m1/s1. The Labute approximate surface area is 212 Å². The third-order valence-electron chi connectivity index (χ3n) is 5.70. The molecule has 0 unspecified atom stereocenters. The first kappa shape index (κ1) is 25.4. The molecule has 0 saturated heterocycles. The molecule has 7 nitrogen and oxygen atoms in total. The molecule has 36 heavy (non-hydrogen) atoms. The lowest BCUT2D eigenvalue weighted by Gasteiger charge is -2.25. The Balaban J connectivity index is 1.68. The second kappa shape index (κ2) is 12.4. The number of aliphatic hydroxyl groups excluding tert-OH is 1. The summed E-state index contributed by atoms with van der Waals surface area (Å²) < 4.78 is 19.3. The average Bonchev–Trinajstić information content (AvgIpc) is 3.48. The number of benzene rings is 2. The lowest BCUT2D eigenvalue weighted by Crippen LogP contribution is -2.34. The number of aromatic nitrogens is 2. The minimum Gasteiger partial charge on any atom is -0.468 e. The van der Waals surface area contributed by atoms with E-state index >= 15 is 0 Å². The van der Waals surface area contributed by atoms with Crippen molar-refractivity contribution >= 4 is 0 Å². The van der Waals surface area contributed by atoms with Crippen molar-refractivity contribution in [3.05, 3.63) is 103 Å². The molecule has 0 aliphatic rings. The zero-order valence-electron chi connectivity index (χ0n) is 20.8. The maximum Gasteiger partial charge on any atom is 0.222 e. The number of aliphatic hydroxyl groups is 1. The fraction of sp³-hybridized carbons (Fsp3) is 0.276. The van der Waals surface area contributed by atoms with Crippen molar-refractivity contribution in [2.24, 2.45) is 7.05 Å². The molecule has 4 aromatic rings. The number of ether oxygens (including phenoxy) is 2. The summed E-state index contributed by atoms with van der Waals surface area (Å²) in [5.74, 6) is 2.20. The Hall–Kier alpha value is -3.65. The van der Waals surface area contributed by atoms with Gasteiger partial charge >= 0.3 is 0 Å². The van der Waals surface area contributed by atoms with Crippen molar-refractivity contribution < 1.29 is 19.0 Å². The van der Waals surface area contributed by atoms with Crippen LogP contribution in [0.3, 0.4) is 0 Å². The zero-order chi connectivity index (χ0) is 25.3. The van der Waals surface area contributed by atoms with Crippen LogP contribution in [0.2, 0.25) is 0 Å². The molecular weight excluding hydrogens is 454 g/mol.